The molecular formula is C11H22O2. The summed E-state index contributed by atoms with van der Waals surface area (Å²) in [7, 11) is 1.72. The second-order valence-electron chi connectivity index (χ2n) is 3.81. The summed E-state index contributed by atoms with van der Waals surface area (Å²) in [5, 5.41) is 8.82. The van der Waals surface area contributed by atoms with Crippen molar-refractivity contribution in [2.24, 2.45) is 5.92 Å². The van der Waals surface area contributed by atoms with Gasteiger partial charge in [-0.25, -0.2) is 0 Å². The van der Waals surface area contributed by atoms with Crippen LogP contribution in [0, 0.1) is 5.92 Å². The fourth-order valence-electron chi connectivity index (χ4n) is 1.26. The molecule has 0 saturated carbocycles. The van der Waals surface area contributed by atoms with E-state index in [0.29, 0.717) is 5.92 Å². The van der Waals surface area contributed by atoms with Crippen LogP contribution in [0.5, 0.6) is 0 Å². The van der Waals surface area contributed by atoms with Crippen LogP contribution in [-0.4, -0.2) is 18.8 Å². The summed E-state index contributed by atoms with van der Waals surface area (Å²) in [4.78, 5) is 0. The van der Waals surface area contributed by atoms with E-state index in [0.717, 1.165) is 25.0 Å². The van der Waals surface area contributed by atoms with Crippen LogP contribution in [0.3, 0.4) is 0 Å². The monoisotopic (exact) mass is 186 g/mol. The number of hydrogen-bond donors (Lipinski definition) is 1. The SMILES string of the molecule is COC(CCCC(C)CO)=C(C)C. The zero-order valence-electron chi connectivity index (χ0n) is 9.26. The van der Waals surface area contributed by atoms with Gasteiger partial charge < -0.3 is 9.84 Å². The third-order valence-corrected chi connectivity index (χ3v) is 2.22. The van der Waals surface area contributed by atoms with Gasteiger partial charge in [-0.2, -0.15) is 0 Å². The van der Waals surface area contributed by atoms with Crippen molar-refractivity contribution >= 4 is 0 Å². The van der Waals surface area contributed by atoms with Crippen LogP contribution in [0.15, 0.2) is 11.3 Å². The Hall–Kier alpha value is -0.500. The minimum absolute atomic E-state index is 0.289. The number of aliphatic hydroxyl groups is 1. The molecule has 0 spiro atoms. The molecule has 0 aromatic heterocycles. The van der Waals surface area contributed by atoms with Crippen LogP contribution >= 0.6 is 0 Å². The van der Waals surface area contributed by atoms with Gasteiger partial charge >= 0.3 is 0 Å². The molecule has 1 unspecified atom stereocenters. The van der Waals surface area contributed by atoms with Crippen molar-refractivity contribution < 1.29 is 9.84 Å². The summed E-state index contributed by atoms with van der Waals surface area (Å²) in [5.74, 6) is 1.50. The predicted octanol–water partition coefficient (Wildman–Crippen LogP) is 2.73. The van der Waals surface area contributed by atoms with Crippen LogP contribution in [0.25, 0.3) is 0 Å². The summed E-state index contributed by atoms with van der Waals surface area (Å²) in [6, 6.07) is 0. The van der Waals surface area contributed by atoms with E-state index in [-0.39, 0.29) is 6.61 Å². The van der Waals surface area contributed by atoms with Crippen LogP contribution in [0.2, 0.25) is 0 Å². The largest absolute Gasteiger partial charge is 0.501 e. The van der Waals surface area contributed by atoms with Crippen LogP contribution in [-0.2, 0) is 4.74 Å². The molecule has 0 aromatic carbocycles. The van der Waals surface area contributed by atoms with Gasteiger partial charge in [-0.05, 0) is 38.2 Å². The lowest BCUT2D eigenvalue weighted by Gasteiger charge is -2.10. The molecule has 0 amide bonds. The van der Waals surface area contributed by atoms with E-state index in [1.165, 1.54) is 5.57 Å². The molecule has 78 valence electrons. The number of hydrogen-bond acceptors (Lipinski definition) is 2. The Morgan fingerprint density at radius 3 is 2.38 bits per heavy atom. The standard InChI is InChI=1S/C11H22O2/c1-9(2)11(13-4)7-5-6-10(3)8-12/h10,12H,5-8H2,1-4H3. The van der Waals surface area contributed by atoms with E-state index < -0.39 is 0 Å². The molecule has 0 bridgehead atoms. The maximum Gasteiger partial charge on any atom is 0.0941 e. The van der Waals surface area contributed by atoms with Gasteiger partial charge in [-0.1, -0.05) is 6.92 Å². The van der Waals surface area contributed by atoms with E-state index >= 15 is 0 Å². The highest BCUT2D eigenvalue weighted by Gasteiger charge is 2.02. The van der Waals surface area contributed by atoms with Crippen molar-refractivity contribution in [2.75, 3.05) is 13.7 Å². The van der Waals surface area contributed by atoms with Crippen molar-refractivity contribution in [3.8, 4) is 0 Å². The van der Waals surface area contributed by atoms with Crippen molar-refractivity contribution in [3.05, 3.63) is 11.3 Å². The Morgan fingerprint density at radius 2 is 2.00 bits per heavy atom. The molecule has 13 heavy (non-hydrogen) atoms. The number of ether oxygens (including phenoxy) is 1. The summed E-state index contributed by atoms with van der Waals surface area (Å²) in [5.41, 5.74) is 1.25. The third kappa shape index (κ3) is 5.69. The van der Waals surface area contributed by atoms with Gasteiger partial charge in [-0.3, -0.25) is 0 Å². The first-order chi connectivity index (χ1) is 6.11. The molecule has 1 N–H and O–H groups in total. The summed E-state index contributed by atoms with van der Waals surface area (Å²) in [6.07, 6.45) is 3.15. The fourth-order valence-corrected chi connectivity index (χ4v) is 1.26. The van der Waals surface area contributed by atoms with E-state index in [1.807, 2.05) is 0 Å². The Balaban J connectivity index is 3.69. The van der Waals surface area contributed by atoms with E-state index in [4.69, 9.17) is 9.84 Å². The number of allylic oxidation sites excluding steroid dienone is 2. The number of rotatable bonds is 6. The number of methoxy groups -OCH3 is 1. The average Bonchev–Trinajstić information content (AvgIpc) is 2.11. The lowest BCUT2D eigenvalue weighted by atomic mass is 10.0. The Labute approximate surface area is 81.6 Å². The number of aliphatic hydroxyl groups excluding tert-OH is 1. The first kappa shape index (κ1) is 12.5. The molecule has 0 aromatic rings. The average molecular weight is 186 g/mol. The fraction of sp³-hybridized carbons (Fsp3) is 0.818. The smallest absolute Gasteiger partial charge is 0.0941 e. The van der Waals surface area contributed by atoms with E-state index in [9.17, 15) is 0 Å². The summed E-state index contributed by atoms with van der Waals surface area (Å²) < 4.78 is 5.24. The first-order valence-corrected chi connectivity index (χ1v) is 4.93. The summed E-state index contributed by atoms with van der Waals surface area (Å²) in [6.45, 7) is 6.48. The second-order valence-corrected chi connectivity index (χ2v) is 3.81. The van der Waals surface area contributed by atoms with E-state index in [2.05, 4.69) is 20.8 Å². The maximum atomic E-state index is 8.82. The topological polar surface area (TPSA) is 29.5 Å². The highest BCUT2D eigenvalue weighted by Crippen LogP contribution is 2.15. The van der Waals surface area contributed by atoms with Gasteiger partial charge in [0.15, 0.2) is 0 Å². The first-order valence-electron chi connectivity index (χ1n) is 4.93. The maximum absolute atomic E-state index is 8.82. The normalized spacial score (nSPS) is 12.4. The Morgan fingerprint density at radius 1 is 1.38 bits per heavy atom. The minimum atomic E-state index is 0.289. The van der Waals surface area contributed by atoms with Gasteiger partial charge in [0.05, 0.1) is 12.9 Å². The molecule has 0 aliphatic rings. The Bertz CT molecular complexity index is 157. The molecule has 0 radical (unpaired) electrons. The van der Waals surface area contributed by atoms with Gasteiger partial charge in [0.25, 0.3) is 0 Å². The molecule has 0 heterocycles. The molecule has 1 atom stereocenters. The zero-order chi connectivity index (χ0) is 10.3. The van der Waals surface area contributed by atoms with Crippen LogP contribution < -0.4 is 0 Å². The lowest BCUT2D eigenvalue weighted by molar-refractivity contribution is 0.222. The van der Waals surface area contributed by atoms with Crippen molar-refractivity contribution in [2.45, 2.75) is 40.0 Å². The van der Waals surface area contributed by atoms with E-state index in [1.54, 1.807) is 7.11 Å². The molecule has 0 fully saturated rings. The molecule has 2 heteroatoms. The predicted molar refractivity (Wildman–Crippen MR) is 55.5 cm³/mol. The van der Waals surface area contributed by atoms with Gasteiger partial charge in [0, 0.05) is 13.0 Å². The van der Waals surface area contributed by atoms with Crippen molar-refractivity contribution in [3.63, 3.8) is 0 Å². The highest BCUT2D eigenvalue weighted by atomic mass is 16.5. The molecular weight excluding hydrogens is 164 g/mol. The van der Waals surface area contributed by atoms with Crippen LogP contribution in [0.4, 0.5) is 0 Å². The van der Waals surface area contributed by atoms with Crippen molar-refractivity contribution in [1.29, 1.82) is 0 Å². The zero-order valence-corrected chi connectivity index (χ0v) is 9.26. The second kappa shape index (κ2) is 6.96. The third-order valence-electron chi connectivity index (χ3n) is 2.22. The van der Waals surface area contributed by atoms with Gasteiger partial charge in [0.2, 0.25) is 0 Å². The Kier molecular flexibility index (Phi) is 6.69. The molecule has 0 saturated heterocycles. The van der Waals surface area contributed by atoms with Gasteiger partial charge in [0.1, 0.15) is 0 Å². The molecule has 2 nitrogen and oxygen atoms in total. The van der Waals surface area contributed by atoms with Crippen molar-refractivity contribution in [1.82, 2.24) is 0 Å². The molecule has 0 rings (SSSR count). The summed E-state index contributed by atoms with van der Waals surface area (Å²) >= 11 is 0. The lowest BCUT2D eigenvalue weighted by Crippen LogP contribution is -2.01. The molecule has 0 aliphatic carbocycles. The highest BCUT2D eigenvalue weighted by molar-refractivity contribution is 5.02. The van der Waals surface area contributed by atoms with Gasteiger partial charge in [-0.15, -0.1) is 0 Å². The van der Waals surface area contributed by atoms with Crippen LogP contribution in [0.1, 0.15) is 40.0 Å². The minimum Gasteiger partial charge on any atom is -0.501 e. The quantitative estimate of drug-likeness (QED) is 0.646. The molecule has 0 aliphatic heterocycles.